The van der Waals surface area contributed by atoms with Gasteiger partial charge in [-0.25, -0.2) is 8.42 Å². The molecule has 0 atom stereocenters. The van der Waals surface area contributed by atoms with Gasteiger partial charge in [0.2, 0.25) is 5.75 Å². The Balaban J connectivity index is 1.93. The molecule has 180 valence electrons. The van der Waals surface area contributed by atoms with Crippen LogP contribution in [0.3, 0.4) is 0 Å². The second-order valence-electron chi connectivity index (χ2n) is 7.00. The van der Waals surface area contributed by atoms with E-state index in [2.05, 4.69) is 4.72 Å². The van der Waals surface area contributed by atoms with Crippen LogP contribution in [-0.2, 0) is 10.0 Å². The van der Waals surface area contributed by atoms with E-state index in [1.54, 1.807) is 56.7 Å². The smallest absolute Gasteiger partial charge is 0.262 e. The maximum Gasteiger partial charge on any atom is 0.262 e. The summed E-state index contributed by atoms with van der Waals surface area (Å²) in [5, 5.41) is 0. The molecule has 0 aliphatic rings. The van der Waals surface area contributed by atoms with Gasteiger partial charge in [0.15, 0.2) is 23.0 Å². The highest BCUT2D eigenvalue weighted by Crippen LogP contribution is 2.39. The van der Waals surface area contributed by atoms with Crippen molar-refractivity contribution in [3.63, 3.8) is 0 Å². The zero-order valence-corrected chi connectivity index (χ0v) is 20.4. The van der Waals surface area contributed by atoms with Crippen LogP contribution in [0.25, 0.3) is 12.2 Å². The predicted octanol–water partition coefficient (Wildman–Crippen LogP) is 4.70. The molecule has 0 saturated heterocycles. The Labute approximate surface area is 199 Å². The van der Waals surface area contributed by atoms with Gasteiger partial charge in [-0.15, -0.1) is 0 Å². The fourth-order valence-electron chi connectivity index (χ4n) is 3.31. The van der Waals surface area contributed by atoms with Crippen LogP contribution in [0.4, 0.5) is 5.69 Å². The van der Waals surface area contributed by atoms with E-state index in [4.69, 9.17) is 23.7 Å². The largest absolute Gasteiger partial charge is 0.493 e. The van der Waals surface area contributed by atoms with Crippen LogP contribution in [0.1, 0.15) is 11.1 Å². The van der Waals surface area contributed by atoms with Crippen molar-refractivity contribution in [3.05, 3.63) is 65.7 Å². The first-order chi connectivity index (χ1) is 16.4. The molecule has 3 aromatic rings. The van der Waals surface area contributed by atoms with E-state index < -0.39 is 10.0 Å². The number of methoxy groups -OCH3 is 5. The molecular formula is C25H27NO7S. The molecule has 8 nitrogen and oxygen atoms in total. The Bertz CT molecular complexity index is 1260. The van der Waals surface area contributed by atoms with Crippen LogP contribution in [-0.4, -0.2) is 44.0 Å². The maximum absolute atomic E-state index is 13.1. The molecule has 0 heterocycles. The molecule has 0 unspecified atom stereocenters. The van der Waals surface area contributed by atoms with E-state index in [9.17, 15) is 8.42 Å². The Morgan fingerprint density at radius 3 is 1.88 bits per heavy atom. The molecule has 3 rings (SSSR count). The van der Waals surface area contributed by atoms with Crippen molar-refractivity contribution in [2.24, 2.45) is 0 Å². The summed E-state index contributed by atoms with van der Waals surface area (Å²) in [6, 6.07) is 15.1. The van der Waals surface area contributed by atoms with Gasteiger partial charge in [0, 0.05) is 6.07 Å². The lowest BCUT2D eigenvalue weighted by Crippen LogP contribution is -2.14. The van der Waals surface area contributed by atoms with Gasteiger partial charge >= 0.3 is 0 Å². The summed E-state index contributed by atoms with van der Waals surface area (Å²) in [5.74, 6) is 2.29. The van der Waals surface area contributed by atoms with E-state index >= 15 is 0 Å². The summed E-state index contributed by atoms with van der Waals surface area (Å²) in [6.45, 7) is 0. The monoisotopic (exact) mass is 485 g/mol. The number of sulfonamides is 1. The van der Waals surface area contributed by atoms with Crippen molar-refractivity contribution in [2.75, 3.05) is 40.3 Å². The summed E-state index contributed by atoms with van der Waals surface area (Å²) in [4.78, 5) is 0.0496. The standard InChI is InChI=1S/C25H27NO7S/c1-29-21-13-12-19(16-22(21)30-2)34(27,28)26-20-9-7-6-8-18(20)11-10-17-14-23(31-3)25(33-5)24(15-17)32-4/h6-16,26H,1-5H3. The molecule has 0 aromatic heterocycles. The van der Waals surface area contributed by atoms with Crippen LogP contribution < -0.4 is 28.4 Å². The molecule has 0 radical (unpaired) electrons. The topological polar surface area (TPSA) is 92.3 Å². The van der Waals surface area contributed by atoms with Crippen molar-refractivity contribution >= 4 is 27.9 Å². The Morgan fingerprint density at radius 2 is 1.29 bits per heavy atom. The predicted molar refractivity (Wildman–Crippen MR) is 132 cm³/mol. The molecule has 34 heavy (non-hydrogen) atoms. The Kier molecular flexibility index (Phi) is 7.91. The normalized spacial score (nSPS) is 11.2. The molecule has 0 bridgehead atoms. The maximum atomic E-state index is 13.1. The van der Waals surface area contributed by atoms with Crippen LogP contribution in [0.5, 0.6) is 28.7 Å². The number of nitrogens with one attached hydrogen (secondary N) is 1. The van der Waals surface area contributed by atoms with Gasteiger partial charge in [0.1, 0.15) is 0 Å². The minimum atomic E-state index is -3.88. The fraction of sp³-hybridized carbons (Fsp3) is 0.200. The van der Waals surface area contributed by atoms with E-state index in [-0.39, 0.29) is 4.90 Å². The number of rotatable bonds is 10. The first-order valence-corrected chi connectivity index (χ1v) is 11.7. The molecule has 3 aromatic carbocycles. The number of ether oxygens (including phenoxy) is 5. The summed E-state index contributed by atoms with van der Waals surface area (Å²) < 4.78 is 55.3. The third-order valence-electron chi connectivity index (χ3n) is 5.01. The molecule has 0 amide bonds. The number of benzene rings is 3. The van der Waals surface area contributed by atoms with Crippen LogP contribution in [0.15, 0.2) is 59.5 Å². The zero-order valence-electron chi connectivity index (χ0n) is 19.6. The van der Waals surface area contributed by atoms with Gasteiger partial charge in [-0.1, -0.05) is 30.4 Å². The molecule has 0 aliphatic heterocycles. The lowest BCUT2D eigenvalue weighted by Gasteiger charge is -2.14. The van der Waals surface area contributed by atoms with Gasteiger partial charge in [-0.2, -0.15) is 0 Å². The molecule has 0 saturated carbocycles. The lowest BCUT2D eigenvalue weighted by atomic mass is 10.1. The highest BCUT2D eigenvalue weighted by atomic mass is 32.2. The van der Waals surface area contributed by atoms with E-state index in [0.29, 0.717) is 40.0 Å². The third-order valence-corrected chi connectivity index (χ3v) is 6.38. The van der Waals surface area contributed by atoms with Gasteiger partial charge in [0.25, 0.3) is 10.0 Å². The zero-order chi connectivity index (χ0) is 24.7. The van der Waals surface area contributed by atoms with Crippen LogP contribution >= 0.6 is 0 Å². The minimum absolute atomic E-state index is 0.0496. The van der Waals surface area contributed by atoms with Gasteiger partial charge in [0.05, 0.1) is 46.1 Å². The van der Waals surface area contributed by atoms with Crippen molar-refractivity contribution < 1.29 is 32.1 Å². The van der Waals surface area contributed by atoms with Gasteiger partial charge < -0.3 is 23.7 Å². The van der Waals surface area contributed by atoms with E-state index in [1.165, 1.54) is 33.5 Å². The molecular weight excluding hydrogens is 458 g/mol. The summed E-state index contributed by atoms with van der Waals surface area (Å²) >= 11 is 0. The first-order valence-electron chi connectivity index (χ1n) is 10.2. The van der Waals surface area contributed by atoms with Crippen molar-refractivity contribution in [1.82, 2.24) is 0 Å². The highest BCUT2D eigenvalue weighted by molar-refractivity contribution is 7.92. The third kappa shape index (κ3) is 5.37. The van der Waals surface area contributed by atoms with Gasteiger partial charge in [-0.3, -0.25) is 4.72 Å². The average molecular weight is 486 g/mol. The summed E-state index contributed by atoms with van der Waals surface area (Å²) in [7, 11) is 3.68. The van der Waals surface area contributed by atoms with Crippen LogP contribution in [0.2, 0.25) is 0 Å². The molecule has 0 spiro atoms. The second-order valence-corrected chi connectivity index (χ2v) is 8.68. The Hall–Kier alpha value is -3.85. The first kappa shape index (κ1) is 24.8. The molecule has 0 fully saturated rings. The lowest BCUT2D eigenvalue weighted by molar-refractivity contribution is 0.324. The number of hydrogen-bond donors (Lipinski definition) is 1. The van der Waals surface area contributed by atoms with Crippen molar-refractivity contribution in [2.45, 2.75) is 4.90 Å². The second kappa shape index (κ2) is 10.8. The molecule has 9 heteroatoms. The van der Waals surface area contributed by atoms with Crippen molar-refractivity contribution in [1.29, 1.82) is 0 Å². The number of para-hydroxylation sites is 1. The van der Waals surface area contributed by atoms with E-state index in [0.717, 1.165) is 5.56 Å². The number of anilines is 1. The SMILES string of the molecule is COc1ccc(S(=O)(=O)Nc2ccccc2C=Cc2cc(OC)c(OC)c(OC)c2)cc1OC. The quantitative estimate of drug-likeness (QED) is 0.416. The van der Waals surface area contributed by atoms with Crippen LogP contribution in [0, 0.1) is 0 Å². The average Bonchev–Trinajstić information content (AvgIpc) is 2.86. The minimum Gasteiger partial charge on any atom is -0.493 e. The number of hydrogen-bond acceptors (Lipinski definition) is 7. The molecule has 1 N–H and O–H groups in total. The van der Waals surface area contributed by atoms with Crippen molar-refractivity contribution in [3.8, 4) is 28.7 Å². The fourth-order valence-corrected chi connectivity index (χ4v) is 4.41. The van der Waals surface area contributed by atoms with Gasteiger partial charge in [-0.05, 0) is 41.5 Å². The molecule has 0 aliphatic carbocycles. The summed E-state index contributed by atoms with van der Waals surface area (Å²) in [6.07, 6.45) is 3.63. The highest BCUT2D eigenvalue weighted by Gasteiger charge is 2.18. The summed E-state index contributed by atoms with van der Waals surface area (Å²) in [5.41, 5.74) is 1.87. The Morgan fingerprint density at radius 1 is 0.676 bits per heavy atom. The van der Waals surface area contributed by atoms with E-state index in [1.807, 2.05) is 12.1 Å².